The maximum absolute atomic E-state index is 12.5. The molecule has 1 aromatic heterocycles. The van der Waals surface area contributed by atoms with Crippen LogP contribution in [-0.2, 0) is 10.5 Å². The molecule has 7 nitrogen and oxygen atoms in total. The second kappa shape index (κ2) is 8.26. The topological polar surface area (TPSA) is 91.0 Å². The van der Waals surface area contributed by atoms with Gasteiger partial charge in [0.1, 0.15) is 6.33 Å². The predicted octanol–water partition coefficient (Wildman–Crippen LogP) is 3.48. The molecule has 28 heavy (non-hydrogen) atoms. The molecule has 2 heterocycles. The Kier molecular flexibility index (Phi) is 5.38. The molecular weight excluding hydrogens is 374 g/mol. The Hall–Kier alpha value is -3.13. The number of amides is 2. The monoisotopic (exact) mass is 393 g/mol. The molecule has 3 aromatic rings. The summed E-state index contributed by atoms with van der Waals surface area (Å²) >= 11 is 1.55. The van der Waals surface area contributed by atoms with Gasteiger partial charge in [-0.1, -0.05) is 23.9 Å². The Balaban J connectivity index is 1.34. The van der Waals surface area contributed by atoms with E-state index in [1.165, 1.54) is 6.33 Å². The van der Waals surface area contributed by atoms with Gasteiger partial charge in [-0.2, -0.15) is 5.10 Å². The summed E-state index contributed by atoms with van der Waals surface area (Å²) in [7, 11) is 0. The van der Waals surface area contributed by atoms with E-state index in [0.717, 1.165) is 35.1 Å². The molecule has 1 aliphatic rings. The summed E-state index contributed by atoms with van der Waals surface area (Å²) < 4.78 is 0. The fourth-order valence-corrected chi connectivity index (χ4v) is 3.75. The molecule has 0 atom stereocenters. The molecule has 0 spiro atoms. The first kappa shape index (κ1) is 18.2. The number of anilines is 2. The lowest BCUT2D eigenvalue weighted by molar-refractivity contribution is -0.117. The Morgan fingerprint density at radius 2 is 1.93 bits per heavy atom. The number of benzene rings is 2. The van der Waals surface area contributed by atoms with Crippen LogP contribution in [0.1, 0.15) is 28.8 Å². The molecule has 2 aromatic carbocycles. The van der Waals surface area contributed by atoms with E-state index in [4.69, 9.17) is 0 Å². The zero-order valence-electron chi connectivity index (χ0n) is 15.1. The van der Waals surface area contributed by atoms with E-state index >= 15 is 0 Å². The van der Waals surface area contributed by atoms with Crippen LogP contribution in [0.5, 0.6) is 0 Å². The number of hydrogen-bond donors (Lipinski definition) is 2. The summed E-state index contributed by atoms with van der Waals surface area (Å²) in [5.74, 6) is 0.728. The van der Waals surface area contributed by atoms with Crippen LogP contribution >= 0.6 is 11.8 Å². The van der Waals surface area contributed by atoms with Crippen molar-refractivity contribution in [3.8, 4) is 0 Å². The minimum atomic E-state index is -0.167. The largest absolute Gasteiger partial charge is 0.322 e. The molecule has 142 valence electrons. The van der Waals surface area contributed by atoms with E-state index in [9.17, 15) is 9.59 Å². The van der Waals surface area contributed by atoms with Crippen molar-refractivity contribution < 1.29 is 9.59 Å². The van der Waals surface area contributed by atoms with Crippen molar-refractivity contribution in [2.24, 2.45) is 0 Å². The number of hydrogen-bond acceptors (Lipinski definition) is 5. The fourth-order valence-electron chi connectivity index (χ4n) is 3.02. The number of nitrogens with zero attached hydrogens (tertiary/aromatic N) is 3. The number of aromatic amines is 1. The highest BCUT2D eigenvalue weighted by Crippen LogP contribution is 2.23. The Bertz CT molecular complexity index is 955. The van der Waals surface area contributed by atoms with Crippen LogP contribution in [0.15, 0.2) is 60.0 Å². The third kappa shape index (κ3) is 4.23. The van der Waals surface area contributed by atoms with Crippen molar-refractivity contribution in [1.29, 1.82) is 0 Å². The number of carbonyl (C=O) groups is 2. The van der Waals surface area contributed by atoms with E-state index in [-0.39, 0.29) is 11.8 Å². The lowest BCUT2D eigenvalue weighted by atomic mass is 10.1. The Morgan fingerprint density at radius 1 is 1.14 bits per heavy atom. The second-order valence-corrected chi connectivity index (χ2v) is 7.39. The van der Waals surface area contributed by atoms with Gasteiger partial charge in [0.15, 0.2) is 5.16 Å². The Morgan fingerprint density at radius 3 is 2.57 bits per heavy atom. The number of H-pyrrole nitrogens is 1. The first-order valence-electron chi connectivity index (χ1n) is 8.98. The third-order valence-electron chi connectivity index (χ3n) is 4.49. The van der Waals surface area contributed by atoms with Gasteiger partial charge < -0.3 is 10.2 Å². The SMILES string of the molecule is O=C(Nc1ccc(N2CCCC2=O)cc1)c1ccc(CSc2ncn[nH]2)cc1. The van der Waals surface area contributed by atoms with E-state index in [1.807, 2.05) is 48.5 Å². The minimum absolute atomic E-state index is 0.151. The average molecular weight is 393 g/mol. The zero-order valence-corrected chi connectivity index (χ0v) is 15.9. The van der Waals surface area contributed by atoms with Crippen molar-refractivity contribution in [1.82, 2.24) is 15.2 Å². The van der Waals surface area contributed by atoms with Gasteiger partial charge in [0.2, 0.25) is 5.91 Å². The lowest BCUT2D eigenvalue weighted by Gasteiger charge is -2.16. The smallest absolute Gasteiger partial charge is 0.255 e. The van der Waals surface area contributed by atoms with Gasteiger partial charge in [-0.15, -0.1) is 0 Å². The molecule has 0 saturated carbocycles. The molecule has 2 N–H and O–H groups in total. The first-order valence-corrected chi connectivity index (χ1v) is 9.96. The quantitative estimate of drug-likeness (QED) is 0.626. The lowest BCUT2D eigenvalue weighted by Crippen LogP contribution is -2.23. The highest BCUT2D eigenvalue weighted by molar-refractivity contribution is 7.98. The normalized spacial score (nSPS) is 13.7. The van der Waals surface area contributed by atoms with Crippen LogP contribution in [0, 0.1) is 0 Å². The van der Waals surface area contributed by atoms with Crippen LogP contribution in [0.25, 0.3) is 0 Å². The van der Waals surface area contributed by atoms with E-state index in [0.29, 0.717) is 17.7 Å². The van der Waals surface area contributed by atoms with Crippen molar-refractivity contribution >= 4 is 35.0 Å². The molecule has 1 saturated heterocycles. The van der Waals surface area contributed by atoms with E-state index in [2.05, 4.69) is 20.5 Å². The number of thioether (sulfide) groups is 1. The minimum Gasteiger partial charge on any atom is -0.322 e. The molecule has 4 rings (SSSR count). The van der Waals surface area contributed by atoms with Gasteiger partial charge in [0, 0.05) is 35.7 Å². The molecule has 1 fully saturated rings. The number of rotatable bonds is 6. The summed E-state index contributed by atoms with van der Waals surface area (Å²) in [6.07, 6.45) is 2.97. The molecule has 0 aliphatic carbocycles. The van der Waals surface area contributed by atoms with Crippen molar-refractivity contribution in [3.63, 3.8) is 0 Å². The summed E-state index contributed by atoms with van der Waals surface area (Å²) in [5.41, 5.74) is 3.25. The van der Waals surface area contributed by atoms with Gasteiger partial charge in [-0.3, -0.25) is 14.7 Å². The maximum Gasteiger partial charge on any atom is 0.255 e. The number of aromatic nitrogens is 3. The van der Waals surface area contributed by atoms with Gasteiger partial charge in [-0.25, -0.2) is 4.98 Å². The van der Waals surface area contributed by atoms with Crippen molar-refractivity contribution in [3.05, 3.63) is 66.0 Å². The summed E-state index contributed by atoms with van der Waals surface area (Å²) in [5, 5.41) is 10.3. The summed E-state index contributed by atoms with van der Waals surface area (Å²) in [4.78, 5) is 30.1. The highest BCUT2D eigenvalue weighted by atomic mass is 32.2. The summed E-state index contributed by atoms with van der Waals surface area (Å²) in [6.45, 7) is 0.756. The van der Waals surface area contributed by atoms with Crippen LogP contribution in [0.3, 0.4) is 0 Å². The third-order valence-corrected chi connectivity index (χ3v) is 5.44. The summed E-state index contributed by atoms with van der Waals surface area (Å²) in [6, 6.07) is 14.8. The van der Waals surface area contributed by atoms with Crippen LogP contribution in [-0.4, -0.2) is 33.5 Å². The van der Waals surface area contributed by atoms with Gasteiger partial charge in [0.25, 0.3) is 5.91 Å². The molecule has 0 bridgehead atoms. The predicted molar refractivity (Wildman–Crippen MR) is 108 cm³/mol. The van der Waals surface area contributed by atoms with E-state index in [1.54, 1.807) is 16.7 Å². The highest BCUT2D eigenvalue weighted by Gasteiger charge is 2.21. The molecule has 0 unspecified atom stereocenters. The van der Waals surface area contributed by atoms with E-state index < -0.39 is 0 Å². The van der Waals surface area contributed by atoms with Crippen LogP contribution in [0.4, 0.5) is 11.4 Å². The Labute approximate surface area is 166 Å². The number of nitrogens with one attached hydrogen (secondary N) is 2. The maximum atomic E-state index is 12.5. The average Bonchev–Trinajstić information content (AvgIpc) is 3.39. The molecule has 0 radical (unpaired) electrons. The van der Waals surface area contributed by atoms with Crippen LogP contribution < -0.4 is 10.2 Å². The molecule has 2 amide bonds. The van der Waals surface area contributed by atoms with Crippen LogP contribution in [0.2, 0.25) is 0 Å². The van der Waals surface area contributed by atoms with Crippen molar-refractivity contribution in [2.75, 3.05) is 16.8 Å². The van der Waals surface area contributed by atoms with Gasteiger partial charge in [-0.05, 0) is 48.4 Å². The van der Waals surface area contributed by atoms with Crippen molar-refractivity contribution in [2.45, 2.75) is 23.8 Å². The molecular formula is C20H19N5O2S. The number of carbonyl (C=O) groups excluding carboxylic acids is 2. The first-order chi connectivity index (χ1) is 13.7. The molecule has 8 heteroatoms. The zero-order chi connectivity index (χ0) is 19.3. The second-order valence-electron chi connectivity index (χ2n) is 6.43. The standard InChI is InChI=1S/C20H19N5O2S/c26-18-2-1-11-25(18)17-9-7-16(8-10-17)23-19(27)15-5-3-14(4-6-15)12-28-20-21-13-22-24-20/h3-10,13H,1-2,11-12H2,(H,23,27)(H,21,22,24). The van der Waals surface area contributed by atoms with Gasteiger partial charge >= 0.3 is 0 Å². The molecule has 1 aliphatic heterocycles. The fraction of sp³-hybridized carbons (Fsp3) is 0.200. The van der Waals surface area contributed by atoms with Gasteiger partial charge in [0.05, 0.1) is 0 Å².